The van der Waals surface area contributed by atoms with Gasteiger partial charge in [-0.1, -0.05) is 51.5 Å². The molecule has 0 saturated carbocycles. The van der Waals surface area contributed by atoms with Gasteiger partial charge in [0.1, 0.15) is 0 Å². The fourth-order valence-corrected chi connectivity index (χ4v) is 1.73. The van der Waals surface area contributed by atoms with Crippen molar-refractivity contribution in [2.75, 3.05) is 20.2 Å². The van der Waals surface area contributed by atoms with Gasteiger partial charge in [0.05, 0.1) is 7.11 Å². The molecule has 4 heteroatoms. The second-order valence-electron chi connectivity index (χ2n) is 4.90. The maximum atomic E-state index is 10.8. The van der Waals surface area contributed by atoms with Crippen molar-refractivity contribution in [3.8, 4) is 0 Å². The molecule has 1 aromatic rings. The van der Waals surface area contributed by atoms with Crippen LogP contribution in [0.2, 0.25) is 0 Å². The molecule has 1 unspecified atom stereocenters. The van der Waals surface area contributed by atoms with E-state index in [2.05, 4.69) is 67.3 Å². The summed E-state index contributed by atoms with van der Waals surface area (Å²) in [7, 11) is 1.36. The molecule has 1 amide bonds. The third-order valence-corrected chi connectivity index (χ3v) is 2.89. The third-order valence-electron chi connectivity index (χ3n) is 2.89. The number of amides is 1. The average molecular weight is 294 g/mol. The van der Waals surface area contributed by atoms with Crippen LogP contribution < -0.4 is 10.6 Å². The number of methoxy groups -OCH3 is 1. The summed E-state index contributed by atoms with van der Waals surface area (Å²) in [5.74, 6) is 0. The van der Waals surface area contributed by atoms with Crippen molar-refractivity contribution < 1.29 is 9.53 Å². The van der Waals surface area contributed by atoms with E-state index >= 15 is 0 Å². The summed E-state index contributed by atoms with van der Waals surface area (Å²) in [6, 6.07) is 8.82. The number of hydrogen-bond donors (Lipinski definition) is 2. The first-order chi connectivity index (χ1) is 10.1. The Morgan fingerprint density at radius 2 is 1.90 bits per heavy atom. The predicted octanol–water partition coefficient (Wildman–Crippen LogP) is 3.67. The van der Waals surface area contributed by atoms with Crippen LogP contribution in [-0.4, -0.2) is 26.3 Å². The topological polar surface area (TPSA) is 50.4 Å². The highest BCUT2D eigenvalue weighted by atomic mass is 16.5. The molecule has 0 bridgehead atoms. The molecule has 2 N–H and O–H groups in total. The zero-order valence-corrected chi connectivity index (χ0v) is 14.0. The van der Waals surface area contributed by atoms with E-state index in [1.807, 2.05) is 0 Å². The van der Waals surface area contributed by atoms with E-state index in [-0.39, 0.29) is 6.04 Å². The monoisotopic (exact) mass is 294 g/mol. The van der Waals surface area contributed by atoms with Crippen LogP contribution in [0.1, 0.15) is 51.3 Å². The molecular formula is C17H30N2O2. The Hall–Kier alpha value is -1.55. The number of benzene rings is 1. The molecule has 0 aliphatic carbocycles. The van der Waals surface area contributed by atoms with Gasteiger partial charge in [-0.25, -0.2) is 4.79 Å². The summed E-state index contributed by atoms with van der Waals surface area (Å²) in [5, 5.41) is 6.00. The maximum absolute atomic E-state index is 10.8. The van der Waals surface area contributed by atoms with Crippen molar-refractivity contribution in [1.82, 2.24) is 10.6 Å². The Balaban J connectivity index is 0.00000122. The van der Waals surface area contributed by atoms with Gasteiger partial charge in [0.15, 0.2) is 0 Å². The van der Waals surface area contributed by atoms with Crippen LogP contribution >= 0.6 is 0 Å². The minimum atomic E-state index is -0.391. The third kappa shape index (κ3) is 9.08. The first-order valence-corrected chi connectivity index (χ1v) is 7.72. The summed E-state index contributed by atoms with van der Waals surface area (Å²) < 4.78 is 4.49. The van der Waals surface area contributed by atoms with E-state index in [4.69, 9.17) is 0 Å². The first-order valence-electron chi connectivity index (χ1n) is 7.72. The number of carbonyl (C=O) groups is 1. The molecule has 21 heavy (non-hydrogen) atoms. The van der Waals surface area contributed by atoms with Crippen LogP contribution in [0.15, 0.2) is 24.3 Å². The van der Waals surface area contributed by atoms with Crippen molar-refractivity contribution in [1.29, 1.82) is 0 Å². The molecule has 1 aromatic carbocycles. The number of ether oxygens (including phenoxy) is 1. The highest BCUT2D eigenvalue weighted by Crippen LogP contribution is 2.14. The van der Waals surface area contributed by atoms with Gasteiger partial charge in [-0.3, -0.25) is 0 Å². The summed E-state index contributed by atoms with van der Waals surface area (Å²) in [5.41, 5.74) is 2.61. The summed E-state index contributed by atoms with van der Waals surface area (Å²) >= 11 is 0. The van der Waals surface area contributed by atoms with Gasteiger partial charge >= 0.3 is 6.09 Å². The number of hydrogen-bond acceptors (Lipinski definition) is 3. The number of rotatable bonds is 6. The van der Waals surface area contributed by atoms with Crippen LogP contribution in [0.4, 0.5) is 4.79 Å². The molecule has 0 heterocycles. The molecule has 4 nitrogen and oxygen atoms in total. The van der Waals surface area contributed by atoms with E-state index in [9.17, 15) is 4.79 Å². The Labute approximate surface area is 129 Å². The van der Waals surface area contributed by atoms with Gasteiger partial charge in [-0.2, -0.15) is 0 Å². The Morgan fingerprint density at radius 1 is 1.24 bits per heavy atom. The second-order valence-corrected chi connectivity index (χ2v) is 4.90. The zero-order chi connectivity index (χ0) is 16.1. The summed E-state index contributed by atoms with van der Waals surface area (Å²) in [6.07, 6.45) is 1.90. The van der Waals surface area contributed by atoms with E-state index < -0.39 is 6.09 Å². The quantitative estimate of drug-likeness (QED) is 0.787. The number of aryl methyl sites for hydroxylation is 1. The summed E-state index contributed by atoms with van der Waals surface area (Å²) in [6.45, 7) is 9.79. The van der Waals surface area contributed by atoms with Crippen LogP contribution in [0.25, 0.3) is 0 Å². The fourth-order valence-electron chi connectivity index (χ4n) is 1.73. The standard InChI is InChI=1S/C14H22N2O2.C3H8/c1-4-12-6-5-7-13(10-12)11(2)15-8-9-16-14(17)18-3;1-3-2/h5-7,10-11,15H,4,8-9H2,1-3H3,(H,16,17);3H2,1-2H3. The lowest BCUT2D eigenvalue weighted by Crippen LogP contribution is -2.32. The van der Waals surface area contributed by atoms with Gasteiger partial charge in [-0.05, 0) is 24.5 Å². The van der Waals surface area contributed by atoms with Gasteiger partial charge in [-0.15, -0.1) is 0 Å². The maximum Gasteiger partial charge on any atom is 0.406 e. The second kappa shape index (κ2) is 12.2. The number of nitrogens with one attached hydrogen (secondary N) is 2. The molecule has 120 valence electrons. The molecular weight excluding hydrogens is 264 g/mol. The lowest BCUT2D eigenvalue weighted by atomic mass is 10.0. The first kappa shape index (κ1) is 19.4. The van der Waals surface area contributed by atoms with Crippen LogP contribution in [0.5, 0.6) is 0 Å². The molecule has 0 radical (unpaired) electrons. The Kier molecular flexibility index (Phi) is 11.3. The van der Waals surface area contributed by atoms with Crippen molar-refractivity contribution in [2.45, 2.75) is 46.6 Å². The number of alkyl carbamates (subject to hydrolysis) is 1. The molecule has 1 atom stereocenters. The van der Waals surface area contributed by atoms with Crippen LogP contribution in [-0.2, 0) is 11.2 Å². The van der Waals surface area contributed by atoms with E-state index in [1.54, 1.807) is 0 Å². The normalized spacial score (nSPS) is 11.1. The van der Waals surface area contributed by atoms with Crippen LogP contribution in [0, 0.1) is 0 Å². The molecule has 1 rings (SSSR count). The highest BCUT2D eigenvalue weighted by molar-refractivity contribution is 5.66. The fraction of sp³-hybridized carbons (Fsp3) is 0.588. The molecule has 0 fully saturated rings. The molecule has 0 aliphatic heterocycles. The van der Waals surface area contributed by atoms with Gasteiger partial charge in [0.25, 0.3) is 0 Å². The zero-order valence-electron chi connectivity index (χ0n) is 14.0. The Morgan fingerprint density at radius 3 is 2.48 bits per heavy atom. The number of carbonyl (C=O) groups excluding carboxylic acids is 1. The molecule has 0 aromatic heterocycles. The predicted molar refractivity (Wildman–Crippen MR) is 88.6 cm³/mol. The minimum absolute atomic E-state index is 0.274. The SMILES string of the molecule is CCC.CCc1cccc(C(C)NCCNC(=O)OC)c1. The lowest BCUT2D eigenvalue weighted by molar-refractivity contribution is 0.171. The van der Waals surface area contributed by atoms with Crippen molar-refractivity contribution in [3.63, 3.8) is 0 Å². The van der Waals surface area contributed by atoms with Crippen molar-refractivity contribution in [3.05, 3.63) is 35.4 Å². The highest BCUT2D eigenvalue weighted by Gasteiger charge is 2.05. The van der Waals surface area contributed by atoms with Gasteiger partial charge < -0.3 is 15.4 Å². The largest absolute Gasteiger partial charge is 0.453 e. The molecule has 0 saturated heterocycles. The Bertz CT molecular complexity index is 394. The lowest BCUT2D eigenvalue weighted by Gasteiger charge is -2.15. The smallest absolute Gasteiger partial charge is 0.406 e. The minimum Gasteiger partial charge on any atom is -0.453 e. The molecule has 0 aliphatic rings. The van der Waals surface area contributed by atoms with Crippen LogP contribution in [0.3, 0.4) is 0 Å². The van der Waals surface area contributed by atoms with Crippen molar-refractivity contribution >= 4 is 6.09 Å². The van der Waals surface area contributed by atoms with E-state index in [1.165, 1.54) is 24.7 Å². The van der Waals surface area contributed by atoms with Gasteiger partial charge in [0, 0.05) is 19.1 Å². The average Bonchev–Trinajstić information content (AvgIpc) is 2.51. The molecule has 0 spiro atoms. The van der Waals surface area contributed by atoms with E-state index in [0.29, 0.717) is 13.1 Å². The van der Waals surface area contributed by atoms with Gasteiger partial charge in [0.2, 0.25) is 0 Å². The van der Waals surface area contributed by atoms with E-state index in [0.717, 1.165) is 6.42 Å². The van der Waals surface area contributed by atoms with Crippen molar-refractivity contribution in [2.24, 2.45) is 0 Å². The summed E-state index contributed by atoms with van der Waals surface area (Å²) in [4.78, 5) is 10.8.